The zero-order valence-electron chi connectivity index (χ0n) is 15.3. The molecule has 0 spiro atoms. The number of hydrogen-bond donors (Lipinski definition) is 0. The smallest absolute Gasteiger partial charge is 0.211 e. The van der Waals surface area contributed by atoms with Crippen molar-refractivity contribution in [1.82, 2.24) is 9.55 Å². The van der Waals surface area contributed by atoms with E-state index in [1.165, 1.54) is 6.07 Å². The quantitative estimate of drug-likeness (QED) is 0.541. The second-order valence-electron chi connectivity index (χ2n) is 6.60. The number of halogens is 3. The molecule has 0 saturated heterocycles. The van der Waals surface area contributed by atoms with Gasteiger partial charge >= 0.3 is 0 Å². The van der Waals surface area contributed by atoms with Gasteiger partial charge in [0.25, 0.3) is 0 Å². The topological polar surface area (TPSA) is 24.3 Å². The Morgan fingerprint density at radius 1 is 1.11 bits per heavy atom. The van der Waals surface area contributed by atoms with Crippen molar-refractivity contribution >= 4 is 51.6 Å². The molecule has 2 aromatic carbocycles. The maximum atomic E-state index is 14.6. The highest BCUT2D eigenvalue weighted by Crippen LogP contribution is 2.40. The fourth-order valence-electron chi connectivity index (χ4n) is 3.83. The highest BCUT2D eigenvalue weighted by molar-refractivity contribution is 6.36. The van der Waals surface area contributed by atoms with Crippen LogP contribution in [0.1, 0.15) is 20.3 Å². The van der Waals surface area contributed by atoms with E-state index >= 15 is 0 Å². The van der Waals surface area contributed by atoms with Gasteiger partial charge in [0.05, 0.1) is 21.9 Å². The van der Waals surface area contributed by atoms with Crippen molar-refractivity contribution < 1.29 is 4.39 Å². The van der Waals surface area contributed by atoms with Crippen LogP contribution in [0.4, 0.5) is 21.7 Å². The molecule has 0 amide bonds. The molecule has 0 radical (unpaired) electrons. The summed E-state index contributed by atoms with van der Waals surface area (Å²) in [5.74, 6) is 0.420. The maximum absolute atomic E-state index is 14.6. The molecule has 0 aliphatic carbocycles. The molecule has 0 saturated carbocycles. The third-order valence-corrected chi connectivity index (χ3v) is 5.65. The number of benzene rings is 2. The van der Waals surface area contributed by atoms with Crippen LogP contribution in [0, 0.1) is 5.82 Å². The van der Waals surface area contributed by atoms with Gasteiger partial charge in [-0.1, -0.05) is 23.2 Å². The maximum Gasteiger partial charge on any atom is 0.211 e. The fourth-order valence-corrected chi connectivity index (χ4v) is 4.34. The summed E-state index contributed by atoms with van der Waals surface area (Å²) in [7, 11) is 0. The van der Waals surface area contributed by atoms with Crippen LogP contribution in [-0.2, 0) is 6.54 Å². The molecular formula is C20H21Cl2FN4. The van der Waals surface area contributed by atoms with Gasteiger partial charge < -0.3 is 14.4 Å². The van der Waals surface area contributed by atoms with Crippen molar-refractivity contribution in [3.63, 3.8) is 0 Å². The molecule has 4 nitrogen and oxygen atoms in total. The van der Waals surface area contributed by atoms with E-state index in [2.05, 4.69) is 28.3 Å². The first kappa shape index (κ1) is 18.4. The Bertz CT molecular complexity index is 997. The lowest BCUT2D eigenvalue weighted by Gasteiger charge is -2.30. The van der Waals surface area contributed by atoms with E-state index in [9.17, 15) is 4.39 Å². The van der Waals surface area contributed by atoms with Crippen LogP contribution >= 0.6 is 23.2 Å². The first-order valence-corrected chi connectivity index (χ1v) is 9.97. The Labute approximate surface area is 168 Å². The second kappa shape index (κ2) is 7.21. The summed E-state index contributed by atoms with van der Waals surface area (Å²) < 4.78 is 16.7. The number of aromatic nitrogens is 2. The van der Waals surface area contributed by atoms with Gasteiger partial charge in [0, 0.05) is 31.2 Å². The number of rotatable bonds is 4. The summed E-state index contributed by atoms with van der Waals surface area (Å²) in [6, 6.07) is 8.79. The van der Waals surface area contributed by atoms with E-state index in [4.69, 9.17) is 23.2 Å². The van der Waals surface area contributed by atoms with E-state index in [-0.39, 0.29) is 5.82 Å². The van der Waals surface area contributed by atoms with Crippen LogP contribution in [0.25, 0.3) is 11.0 Å². The van der Waals surface area contributed by atoms with Crippen molar-refractivity contribution in [1.29, 1.82) is 0 Å². The lowest BCUT2D eigenvalue weighted by molar-refractivity contribution is 0.603. The molecular weight excluding hydrogens is 386 g/mol. The molecule has 0 bridgehead atoms. The average molecular weight is 407 g/mol. The van der Waals surface area contributed by atoms with Crippen LogP contribution in [-0.4, -0.2) is 29.2 Å². The van der Waals surface area contributed by atoms with Crippen molar-refractivity contribution in [2.75, 3.05) is 29.4 Å². The minimum atomic E-state index is -0.301. The third kappa shape index (κ3) is 3.03. The molecule has 142 valence electrons. The summed E-state index contributed by atoms with van der Waals surface area (Å²) in [4.78, 5) is 8.96. The third-order valence-electron chi connectivity index (χ3n) is 5.11. The summed E-state index contributed by atoms with van der Waals surface area (Å²) in [5.41, 5.74) is 3.11. The number of anilines is 3. The monoisotopic (exact) mass is 406 g/mol. The van der Waals surface area contributed by atoms with Gasteiger partial charge in [-0.3, -0.25) is 0 Å². The van der Waals surface area contributed by atoms with Gasteiger partial charge in [0.1, 0.15) is 5.52 Å². The fraction of sp³-hybridized carbons (Fsp3) is 0.350. The highest BCUT2D eigenvalue weighted by atomic mass is 35.5. The molecule has 0 fully saturated rings. The summed E-state index contributed by atoms with van der Waals surface area (Å²) in [6.07, 6.45) is 0.922. The minimum Gasteiger partial charge on any atom is -0.370 e. The molecule has 1 aromatic heterocycles. The van der Waals surface area contributed by atoms with Crippen molar-refractivity contribution in [3.8, 4) is 0 Å². The van der Waals surface area contributed by atoms with E-state index in [1.54, 1.807) is 6.07 Å². The standard InChI is InChI=1S/C20H21Cl2FN4/c1-3-25(4-2)17-9-7-15(23)18-19(17)27-11-5-10-26(20(27)24-18)16-8-6-13(21)12-14(16)22/h6-9,12H,3-5,10-11H2,1-2H3. The zero-order valence-corrected chi connectivity index (χ0v) is 16.9. The predicted octanol–water partition coefficient (Wildman–Crippen LogP) is 5.87. The Balaban J connectivity index is 1.94. The highest BCUT2D eigenvalue weighted by Gasteiger charge is 2.27. The van der Waals surface area contributed by atoms with Gasteiger partial charge in [-0.05, 0) is 50.6 Å². The first-order valence-electron chi connectivity index (χ1n) is 9.21. The summed E-state index contributed by atoms with van der Waals surface area (Å²) in [6.45, 7) is 7.48. The number of fused-ring (bicyclic) bond motifs is 3. The summed E-state index contributed by atoms with van der Waals surface area (Å²) in [5, 5.41) is 1.15. The largest absolute Gasteiger partial charge is 0.370 e. The number of nitrogens with zero attached hydrogens (tertiary/aromatic N) is 4. The lowest BCUT2D eigenvalue weighted by atomic mass is 10.2. The lowest BCUT2D eigenvalue weighted by Crippen LogP contribution is -2.29. The van der Waals surface area contributed by atoms with Crippen LogP contribution in [0.5, 0.6) is 0 Å². The minimum absolute atomic E-state index is 0.301. The van der Waals surface area contributed by atoms with Gasteiger partial charge in [-0.25, -0.2) is 9.37 Å². The molecule has 0 N–H and O–H groups in total. The SMILES string of the molecule is CCN(CC)c1ccc(F)c2nc3n(c12)CCCN3c1ccc(Cl)cc1Cl. The normalized spacial score (nSPS) is 13.9. The number of imidazole rings is 1. The van der Waals surface area contributed by atoms with E-state index in [0.29, 0.717) is 15.6 Å². The molecule has 0 atom stereocenters. The van der Waals surface area contributed by atoms with Crippen LogP contribution in [0.2, 0.25) is 10.0 Å². The first-order chi connectivity index (χ1) is 13.0. The molecule has 27 heavy (non-hydrogen) atoms. The summed E-state index contributed by atoms with van der Waals surface area (Å²) >= 11 is 12.5. The van der Waals surface area contributed by atoms with Gasteiger partial charge in [-0.2, -0.15) is 0 Å². The molecule has 2 heterocycles. The van der Waals surface area contributed by atoms with Crippen molar-refractivity contribution in [2.45, 2.75) is 26.8 Å². The Kier molecular flexibility index (Phi) is 4.91. The van der Waals surface area contributed by atoms with E-state index in [0.717, 1.165) is 55.4 Å². The molecule has 0 unspecified atom stereocenters. The Morgan fingerprint density at radius 2 is 1.89 bits per heavy atom. The van der Waals surface area contributed by atoms with E-state index < -0.39 is 0 Å². The second-order valence-corrected chi connectivity index (χ2v) is 7.44. The Morgan fingerprint density at radius 3 is 2.59 bits per heavy atom. The Hall–Kier alpha value is -1.98. The van der Waals surface area contributed by atoms with E-state index in [1.807, 2.05) is 23.1 Å². The van der Waals surface area contributed by atoms with Crippen LogP contribution in [0.3, 0.4) is 0 Å². The van der Waals surface area contributed by atoms with Crippen LogP contribution < -0.4 is 9.80 Å². The zero-order chi connectivity index (χ0) is 19.1. The molecule has 1 aliphatic heterocycles. The number of hydrogen-bond acceptors (Lipinski definition) is 3. The van der Waals surface area contributed by atoms with Gasteiger partial charge in [-0.15, -0.1) is 0 Å². The molecule has 1 aliphatic rings. The average Bonchev–Trinajstić information content (AvgIpc) is 3.05. The predicted molar refractivity (Wildman–Crippen MR) is 111 cm³/mol. The van der Waals surface area contributed by atoms with Gasteiger partial charge in [0.2, 0.25) is 5.95 Å². The van der Waals surface area contributed by atoms with Gasteiger partial charge in [0.15, 0.2) is 5.82 Å². The van der Waals surface area contributed by atoms with Crippen molar-refractivity contribution in [2.24, 2.45) is 0 Å². The van der Waals surface area contributed by atoms with Crippen molar-refractivity contribution in [3.05, 3.63) is 46.2 Å². The molecule has 7 heteroatoms. The molecule has 3 aromatic rings. The van der Waals surface area contributed by atoms with Crippen LogP contribution in [0.15, 0.2) is 30.3 Å². The number of aryl methyl sites for hydroxylation is 1. The molecule has 4 rings (SSSR count).